The molecule has 0 spiro atoms. The van der Waals surface area contributed by atoms with Gasteiger partial charge in [0.25, 0.3) is 5.91 Å². The molecule has 148 valence electrons. The van der Waals surface area contributed by atoms with Crippen LogP contribution in [0.15, 0.2) is 36.4 Å². The lowest BCUT2D eigenvalue weighted by molar-refractivity contribution is -0.120. The Hall–Kier alpha value is -2.51. The van der Waals surface area contributed by atoms with E-state index < -0.39 is 5.82 Å². The smallest absolute Gasteiger partial charge is 0.266 e. The standard InChI is InChI=1S/C21H24FN3O2S/c1-14-9-10-18-20(15(14)2)23-21(28-18)25(12-11-24(3)4)19(26)13-27-17-8-6-5-7-16(17)22/h5-10H,11-13H2,1-4H3. The molecule has 0 saturated carbocycles. The molecule has 0 saturated heterocycles. The highest BCUT2D eigenvalue weighted by Crippen LogP contribution is 2.32. The average Bonchev–Trinajstić information content (AvgIpc) is 3.09. The first-order valence-corrected chi connectivity index (χ1v) is 9.87. The highest BCUT2D eigenvalue weighted by Gasteiger charge is 2.21. The molecular weight excluding hydrogens is 377 g/mol. The molecule has 0 bridgehead atoms. The largest absolute Gasteiger partial charge is 0.481 e. The Morgan fingerprint density at radius 3 is 2.61 bits per heavy atom. The maximum atomic E-state index is 13.8. The van der Waals surface area contributed by atoms with Crippen LogP contribution in [-0.2, 0) is 4.79 Å². The molecule has 0 fully saturated rings. The van der Waals surface area contributed by atoms with E-state index in [1.165, 1.54) is 29.0 Å². The number of rotatable bonds is 7. The Kier molecular flexibility index (Phi) is 6.26. The first-order chi connectivity index (χ1) is 13.4. The van der Waals surface area contributed by atoms with Crippen molar-refractivity contribution in [3.05, 3.63) is 53.3 Å². The van der Waals surface area contributed by atoms with Crippen LogP contribution in [0.4, 0.5) is 9.52 Å². The van der Waals surface area contributed by atoms with E-state index in [4.69, 9.17) is 9.72 Å². The normalized spacial score (nSPS) is 11.2. The van der Waals surface area contributed by atoms with E-state index in [1.54, 1.807) is 17.0 Å². The van der Waals surface area contributed by atoms with E-state index in [1.807, 2.05) is 38.9 Å². The lowest BCUT2D eigenvalue weighted by Gasteiger charge is -2.22. The van der Waals surface area contributed by atoms with Crippen LogP contribution in [0.5, 0.6) is 5.75 Å². The van der Waals surface area contributed by atoms with E-state index in [0.29, 0.717) is 18.2 Å². The SMILES string of the molecule is Cc1ccc2sc(N(CCN(C)C)C(=O)COc3ccccc3F)nc2c1C. The summed E-state index contributed by atoms with van der Waals surface area (Å²) in [6.07, 6.45) is 0. The first-order valence-electron chi connectivity index (χ1n) is 9.06. The molecule has 3 aromatic rings. The molecular formula is C21H24FN3O2S. The van der Waals surface area contributed by atoms with Gasteiger partial charge < -0.3 is 9.64 Å². The van der Waals surface area contributed by atoms with E-state index >= 15 is 0 Å². The molecule has 5 nitrogen and oxygen atoms in total. The third-order valence-electron chi connectivity index (χ3n) is 4.56. The van der Waals surface area contributed by atoms with E-state index in [2.05, 4.69) is 6.07 Å². The van der Waals surface area contributed by atoms with Crippen LogP contribution >= 0.6 is 11.3 Å². The zero-order valence-corrected chi connectivity index (χ0v) is 17.3. The van der Waals surface area contributed by atoms with Gasteiger partial charge in [-0.05, 0) is 57.3 Å². The number of likely N-dealkylation sites (N-methyl/N-ethyl adjacent to an activating group) is 1. The molecule has 0 unspecified atom stereocenters. The second kappa shape index (κ2) is 8.67. The molecule has 1 aromatic heterocycles. The summed E-state index contributed by atoms with van der Waals surface area (Å²) in [6.45, 7) is 4.99. The average molecular weight is 402 g/mol. The van der Waals surface area contributed by atoms with Gasteiger partial charge in [0.1, 0.15) is 0 Å². The van der Waals surface area contributed by atoms with Crippen molar-refractivity contribution in [2.75, 3.05) is 38.7 Å². The zero-order valence-electron chi connectivity index (χ0n) is 16.5. The van der Waals surface area contributed by atoms with Crippen LogP contribution in [-0.4, -0.2) is 49.6 Å². The number of hydrogen-bond acceptors (Lipinski definition) is 5. The summed E-state index contributed by atoms with van der Waals surface area (Å²) in [5.74, 6) is -0.668. The van der Waals surface area contributed by atoms with Crippen LogP contribution in [0.3, 0.4) is 0 Å². The summed E-state index contributed by atoms with van der Waals surface area (Å²) < 4.78 is 20.2. The Bertz CT molecular complexity index is 987. The van der Waals surface area contributed by atoms with Crippen molar-refractivity contribution in [3.63, 3.8) is 0 Å². The second-order valence-electron chi connectivity index (χ2n) is 6.92. The highest BCUT2D eigenvalue weighted by atomic mass is 32.1. The number of halogens is 1. The minimum atomic E-state index is -0.485. The van der Waals surface area contributed by atoms with Gasteiger partial charge in [-0.3, -0.25) is 9.69 Å². The van der Waals surface area contributed by atoms with E-state index in [0.717, 1.165) is 15.8 Å². The van der Waals surface area contributed by atoms with Gasteiger partial charge in [0, 0.05) is 13.1 Å². The fourth-order valence-corrected chi connectivity index (χ4v) is 3.80. The number of hydrogen-bond donors (Lipinski definition) is 0. The third-order valence-corrected chi connectivity index (χ3v) is 5.61. The Labute approximate surface area is 168 Å². The second-order valence-corrected chi connectivity index (χ2v) is 7.93. The summed E-state index contributed by atoms with van der Waals surface area (Å²) >= 11 is 1.48. The van der Waals surface area contributed by atoms with Crippen LogP contribution in [0.2, 0.25) is 0 Å². The maximum absolute atomic E-state index is 13.8. The van der Waals surface area contributed by atoms with Gasteiger partial charge in [0.05, 0.1) is 10.2 Å². The minimum Gasteiger partial charge on any atom is -0.481 e. The maximum Gasteiger partial charge on any atom is 0.266 e. The number of benzene rings is 2. The van der Waals surface area contributed by atoms with Gasteiger partial charge >= 0.3 is 0 Å². The lowest BCUT2D eigenvalue weighted by Crippen LogP contribution is -2.39. The van der Waals surface area contributed by atoms with Gasteiger partial charge in [-0.15, -0.1) is 0 Å². The fraction of sp³-hybridized carbons (Fsp3) is 0.333. The van der Waals surface area contributed by atoms with Crippen molar-refractivity contribution in [1.82, 2.24) is 9.88 Å². The molecule has 1 amide bonds. The number of fused-ring (bicyclic) bond motifs is 1. The van der Waals surface area contributed by atoms with Gasteiger partial charge in [-0.25, -0.2) is 9.37 Å². The lowest BCUT2D eigenvalue weighted by atomic mass is 10.1. The molecule has 3 rings (SSSR count). The number of ether oxygens (including phenoxy) is 1. The number of aryl methyl sites for hydroxylation is 2. The van der Waals surface area contributed by atoms with Crippen molar-refractivity contribution < 1.29 is 13.9 Å². The van der Waals surface area contributed by atoms with Crippen molar-refractivity contribution in [2.24, 2.45) is 0 Å². The van der Waals surface area contributed by atoms with Crippen molar-refractivity contribution in [1.29, 1.82) is 0 Å². The Balaban J connectivity index is 1.85. The molecule has 1 heterocycles. The zero-order chi connectivity index (χ0) is 20.3. The summed E-state index contributed by atoms with van der Waals surface area (Å²) in [5, 5.41) is 0.632. The quantitative estimate of drug-likeness (QED) is 0.600. The number of carbonyl (C=O) groups excluding carboxylic acids is 1. The first kappa shape index (κ1) is 20.2. The van der Waals surface area contributed by atoms with E-state index in [9.17, 15) is 9.18 Å². The third kappa shape index (κ3) is 4.48. The molecule has 7 heteroatoms. The van der Waals surface area contributed by atoms with Crippen LogP contribution < -0.4 is 9.64 Å². The van der Waals surface area contributed by atoms with Crippen LogP contribution in [0.1, 0.15) is 11.1 Å². The summed E-state index contributed by atoms with van der Waals surface area (Å²) in [7, 11) is 3.90. The number of amides is 1. The summed E-state index contributed by atoms with van der Waals surface area (Å²) in [5.41, 5.74) is 3.19. The summed E-state index contributed by atoms with van der Waals surface area (Å²) in [4.78, 5) is 21.2. The molecule has 0 N–H and O–H groups in total. The number of carbonyl (C=O) groups is 1. The van der Waals surface area contributed by atoms with Crippen LogP contribution in [0.25, 0.3) is 10.2 Å². The van der Waals surface area contributed by atoms with Gasteiger partial charge in [-0.1, -0.05) is 29.5 Å². The number of para-hydroxylation sites is 1. The number of thiazole rings is 1. The van der Waals surface area contributed by atoms with Gasteiger partial charge in [0.15, 0.2) is 23.3 Å². The minimum absolute atomic E-state index is 0.0687. The van der Waals surface area contributed by atoms with Crippen LogP contribution in [0, 0.1) is 19.7 Å². The Morgan fingerprint density at radius 1 is 1.14 bits per heavy atom. The van der Waals surface area contributed by atoms with Gasteiger partial charge in [-0.2, -0.15) is 0 Å². The summed E-state index contributed by atoms with van der Waals surface area (Å²) in [6, 6.07) is 10.2. The molecule has 0 atom stereocenters. The molecule has 0 aliphatic carbocycles. The number of aromatic nitrogens is 1. The monoisotopic (exact) mass is 401 g/mol. The van der Waals surface area contributed by atoms with Crippen molar-refractivity contribution >= 4 is 32.6 Å². The number of anilines is 1. The predicted octanol–water partition coefficient (Wildman–Crippen LogP) is 4.03. The van der Waals surface area contributed by atoms with E-state index in [-0.39, 0.29) is 18.3 Å². The molecule has 2 aromatic carbocycles. The topological polar surface area (TPSA) is 45.7 Å². The molecule has 0 aliphatic rings. The molecule has 0 radical (unpaired) electrons. The Morgan fingerprint density at radius 2 is 1.89 bits per heavy atom. The molecule has 0 aliphatic heterocycles. The van der Waals surface area contributed by atoms with Gasteiger partial charge in [0.2, 0.25) is 0 Å². The number of nitrogens with zero attached hydrogens (tertiary/aromatic N) is 3. The van der Waals surface area contributed by atoms with Crippen molar-refractivity contribution in [2.45, 2.75) is 13.8 Å². The molecule has 28 heavy (non-hydrogen) atoms. The highest BCUT2D eigenvalue weighted by molar-refractivity contribution is 7.22. The predicted molar refractivity (Wildman–Crippen MR) is 112 cm³/mol. The fourth-order valence-electron chi connectivity index (χ4n) is 2.74. The van der Waals surface area contributed by atoms with Crippen molar-refractivity contribution in [3.8, 4) is 5.75 Å².